The number of benzene rings is 1. The van der Waals surface area contributed by atoms with Crippen LogP contribution in [0.1, 0.15) is 28.7 Å². The molecule has 6 nitrogen and oxygen atoms in total. The van der Waals surface area contributed by atoms with Gasteiger partial charge in [-0.3, -0.25) is 9.78 Å². The van der Waals surface area contributed by atoms with E-state index in [1.807, 2.05) is 12.1 Å². The standard InChI is InChI=1S/C22H22FN3O3/c1-3-29-22(28)19-12-20(16-7-9-17(23)10-8-16)26(15(19)2)14-21(27)25-13-18-6-4-5-11-24-18/h4-12H,3,13-14H2,1-2H3,(H,25,27). The maximum atomic E-state index is 13.3. The molecule has 2 heterocycles. The molecule has 1 aromatic carbocycles. The highest BCUT2D eigenvalue weighted by atomic mass is 19.1. The number of hydrogen-bond donors (Lipinski definition) is 1. The van der Waals surface area contributed by atoms with Gasteiger partial charge in [-0.1, -0.05) is 6.07 Å². The van der Waals surface area contributed by atoms with E-state index in [4.69, 9.17) is 4.74 Å². The summed E-state index contributed by atoms with van der Waals surface area (Å²) in [5, 5.41) is 2.83. The van der Waals surface area contributed by atoms with Gasteiger partial charge in [0.1, 0.15) is 12.4 Å². The van der Waals surface area contributed by atoms with Gasteiger partial charge in [0, 0.05) is 17.6 Å². The van der Waals surface area contributed by atoms with Gasteiger partial charge in [-0.2, -0.15) is 0 Å². The topological polar surface area (TPSA) is 73.2 Å². The first-order chi connectivity index (χ1) is 14.0. The molecule has 3 rings (SSSR count). The van der Waals surface area contributed by atoms with Crippen molar-refractivity contribution in [3.05, 3.63) is 77.5 Å². The van der Waals surface area contributed by atoms with E-state index in [9.17, 15) is 14.0 Å². The van der Waals surface area contributed by atoms with Crippen LogP contribution in [0.25, 0.3) is 11.3 Å². The highest BCUT2D eigenvalue weighted by molar-refractivity contribution is 5.93. The Bertz CT molecular complexity index is 998. The molecule has 1 N–H and O–H groups in total. The Hall–Kier alpha value is -3.48. The Labute approximate surface area is 168 Å². The Morgan fingerprint density at radius 3 is 2.59 bits per heavy atom. The minimum Gasteiger partial charge on any atom is -0.462 e. The maximum Gasteiger partial charge on any atom is 0.339 e. The molecule has 3 aromatic rings. The molecule has 2 aromatic heterocycles. The van der Waals surface area contributed by atoms with Crippen LogP contribution in [0, 0.1) is 12.7 Å². The zero-order chi connectivity index (χ0) is 20.8. The summed E-state index contributed by atoms with van der Waals surface area (Å²) in [6.07, 6.45) is 1.66. The van der Waals surface area contributed by atoms with Crippen LogP contribution in [-0.2, 0) is 22.6 Å². The van der Waals surface area contributed by atoms with Crippen LogP contribution < -0.4 is 5.32 Å². The van der Waals surface area contributed by atoms with Crippen molar-refractivity contribution in [3.8, 4) is 11.3 Å². The normalized spacial score (nSPS) is 10.6. The lowest BCUT2D eigenvalue weighted by atomic mass is 10.1. The lowest BCUT2D eigenvalue weighted by molar-refractivity contribution is -0.121. The minimum atomic E-state index is -0.457. The predicted octanol–water partition coefficient (Wildman–Crippen LogP) is 3.49. The molecular formula is C22H22FN3O3. The number of carbonyl (C=O) groups excluding carboxylic acids is 2. The van der Waals surface area contributed by atoms with Crippen molar-refractivity contribution >= 4 is 11.9 Å². The molecule has 0 spiro atoms. The van der Waals surface area contributed by atoms with Crippen molar-refractivity contribution in [3.63, 3.8) is 0 Å². The zero-order valence-corrected chi connectivity index (χ0v) is 16.3. The van der Waals surface area contributed by atoms with Crippen LogP contribution in [0.5, 0.6) is 0 Å². The summed E-state index contributed by atoms with van der Waals surface area (Å²) in [7, 11) is 0. The molecule has 7 heteroatoms. The van der Waals surface area contributed by atoms with Crippen LogP contribution in [0.3, 0.4) is 0 Å². The van der Waals surface area contributed by atoms with Gasteiger partial charge in [-0.05, 0) is 61.9 Å². The first kappa shape index (κ1) is 20.3. The molecule has 0 unspecified atom stereocenters. The number of esters is 1. The zero-order valence-electron chi connectivity index (χ0n) is 16.3. The first-order valence-corrected chi connectivity index (χ1v) is 9.29. The second-order valence-electron chi connectivity index (χ2n) is 6.44. The van der Waals surface area contributed by atoms with E-state index >= 15 is 0 Å². The second kappa shape index (κ2) is 9.14. The van der Waals surface area contributed by atoms with Crippen molar-refractivity contribution < 1.29 is 18.7 Å². The molecule has 29 heavy (non-hydrogen) atoms. The van der Waals surface area contributed by atoms with E-state index in [1.54, 1.807) is 48.9 Å². The highest BCUT2D eigenvalue weighted by Crippen LogP contribution is 2.27. The Morgan fingerprint density at radius 2 is 1.93 bits per heavy atom. The maximum absolute atomic E-state index is 13.3. The predicted molar refractivity (Wildman–Crippen MR) is 107 cm³/mol. The van der Waals surface area contributed by atoms with Gasteiger partial charge in [0.2, 0.25) is 5.91 Å². The third-order valence-corrected chi connectivity index (χ3v) is 4.50. The fourth-order valence-electron chi connectivity index (χ4n) is 3.02. The van der Waals surface area contributed by atoms with Gasteiger partial charge in [-0.15, -0.1) is 0 Å². The fraction of sp³-hybridized carbons (Fsp3) is 0.227. The largest absolute Gasteiger partial charge is 0.462 e. The van der Waals surface area contributed by atoms with Crippen molar-refractivity contribution in [2.75, 3.05) is 6.61 Å². The Kier molecular flexibility index (Phi) is 6.39. The first-order valence-electron chi connectivity index (χ1n) is 9.29. The average molecular weight is 395 g/mol. The van der Waals surface area contributed by atoms with Gasteiger partial charge in [0.05, 0.1) is 24.4 Å². The van der Waals surface area contributed by atoms with Gasteiger partial charge < -0.3 is 14.6 Å². The number of rotatable bonds is 7. The lowest BCUT2D eigenvalue weighted by Crippen LogP contribution is -2.28. The van der Waals surface area contributed by atoms with Gasteiger partial charge in [-0.25, -0.2) is 9.18 Å². The number of ether oxygens (including phenoxy) is 1. The van der Waals surface area contributed by atoms with Crippen LogP contribution in [0.2, 0.25) is 0 Å². The van der Waals surface area contributed by atoms with Crippen LogP contribution in [-0.4, -0.2) is 28.0 Å². The van der Waals surface area contributed by atoms with Crippen molar-refractivity contribution in [1.82, 2.24) is 14.9 Å². The molecular weight excluding hydrogens is 373 g/mol. The van der Waals surface area contributed by atoms with Gasteiger partial charge in [0.15, 0.2) is 0 Å². The third kappa shape index (κ3) is 4.87. The second-order valence-corrected chi connectivity index (χ2v) is 6.44. The third-order valence-electron chi connectivity index (χ3n) is 4.50. The van der Waals surface area contributed by atoms with Crippen molar-refractivity contribution in [1.29, 1.82) is 0 Å². The van der Waals surface area contributed by atoms with E-state index in [2.05, 4.69) is 10.3 Å². The molecule has 0 aliphatic rings. The smallest absolute Gasteiger partial charge is 0.339 e. The van der Waals surface area contributed by atoms with E-state index in [0.717, 1.165) is 5.69 Å². The van der Waals surface area contributed by atoms with E-state index < -0.39 is 5.97 Å². The summed E-state index contributed by atoms with van der Waals surface area (Å²) in [6.45, 7) is 4.04. The molecule has 0 radical (unpaired) electrons. The van der Waals surface area contributed by atoms with Crippen LogP contribution >= 0.6 is 0 Å². The number of nitrogens with zero attached hydrogens (tertiary/aromatic N) is 2. The average Bonchev–Trinajstić information content (AvgIpc) is 3.04. The summed E-state index contributed by atoms with van der Waals surface area (Å²) in [5.41, 5.74) is 3.07. The lowest BCUT2D eigenvalue weighted by Gasteiger charge is -2.12. The molecule has 0 saturated heterocycles. The molecule has 0 aliphatic heterocycles. The van der Waals surface area contributed by atoms with Crippen LogP contribution in [0.15, 0.2) is 54.7 Å². The van der Waals surface area contributed by atoms with E-state index in [0.29, 0.717) is 29.1 Å². The Morgan fingerprint density at radius 1 is 1.17 bits per heavy atom. The molecule has 0 aliphatic carbocycles. The fourth-order valence-corrected chi connectivity index (χ4v) is 3.02. The number of hydrogen-bond acceptors (Lipinski definition) is 4. The number of halogens is 1. The van der Waals surface area contributed by atoms with Crippen molar-refractivity contribution in [2.45, 2.75) is 26.9 Å². The molecule has 150 valence electrons. The summed E-state index contributed by atoms with van der Waals surface area (Å²) in [5.74, 6) is -1.04. The summed E-state index contributed by atoms with van der Waals surface area (Å²) >= 11 is 0. The summed E-state index contributed by atoms with van der Waals surface area (Å²) < 4.78 is 20.2. The summed E-state index contributed by atoms with van der Waals surface area (Å²) in [4.78, 5) is 29.0. The highest BCUT2D eigenvalue weighted by Gasteiger charge is 2.21. The molecule has 0 fully saturated rings. The minimum absolute atomic E-state index is 0.00474. The monoisotopic (exact) mass is 395 g/mol. The van der Waals surface area contributed by atoms with Crippen LogP contribution in [0.4, 0.5) is 4.39 Å². The SMILES string of the molecule is CCOC(=O)c1cc(-c2ccc(F)cc2)n(CC(=O)NCc2ccccn2)c1C. The quantitative estimate of drug-likeness (QED) is 0.622. The molecule has 1 amide bonds. The van der Waals surface area contributed by atoms with Crippen molar-refractivity contribution in [2.24, 2.45) is 0 Å². The van der Waals surface area contributed by atoms with E-state index in [1.165, 1.54) is 12.1 Å². The van der Waals surface area contributed by atoms with Gasteiger partial charge in [0.25, 0.3) is 0 Å². The molecule has 0 atom stereocenters. The van der Waals surface area contributed by atoms with Gasteiger partial charge >= 0.3 is 5.97 Å². The summed E-state index contributed by atoms with van der Waals surface area (Å²) in [6, 6.07) is 13.1. The number of nitrogens with one attached hydrogen (secondary N) is 1. The van der Waals surface area contributed by atoms with E-state index in [-0.39, 0.29) is 24.9 Å². The molecule has 0 bridgehead atoms. The number of pyridine rings is 1. The molecule has 0 saturated carbocycles. The number of carbonyl (C=O) groups is 2. The number of aromatic nitrogens is 2. The number of amides is 1. The Balaban J connectivity index is 1.87.